The van der Waals surface area contributed by atoms with Crippen LogP contribution in [0.1, 0.15) is 30.1 Å². The minimum Gasteiger partial charge on any atom is -0.352 e. The zero-order valence-corrected chi connectivity index (χ0v) is 11.5. The van der Waals surface area contributed by atoms with Crippen molar-refractivity contribution in [2.24, 2.45) is 5.92 Å². The van der Waals surface area contributed by atoms with E-state index in [1.54, 1.807) is 6.07 Å². The molecule has 1 N–H and O–H groups in total. The van der Waals surface area contributed by atoms with E-state index in [1.807, 2.05) is 0 Å². The Hall–Kier alpha value is -1.62. The lowest BCUT2D eigenvalue weighted by Gasteiger charge is -2.08. The number of nitrogens with zero attached hydrogens (tertiary/aromatic N) is 1. The molecule has 6 heteroatoms. The van der Waals surface area contributed by atoms with E-state index >= 15 is 0 Å². The number of carbonyl (C=O) groups excluding carboxylic acids is 1. The van der Waals surface area contributed by atoms with E-state index in [-0.39, 0.29) is 11.6 Å². The van der Waals surface area contributed by atoms with E-state index in [0.717, 1.165) is 12.8 Å². The van der Waals surface area contributed by atoms with Crippen LogP contribution in [0.5, 0.6) is 0 Å². The number of nitro groups is 1. The number of benzene rings is 1. The normalized spacial score (nSPS) is 11.9. The van der Waals surface area contributed by atoms with Gasteiger partial charge in [-0.2, -0.15) is 0 Å². The van der Waals surface area contributed by atoms with Crippen molar-refractivity contribution >= 4 is 23.2 Å². The molecular formula is C13H17ClN2O3. The van der Waals surface area contributed by atoms with Gasteiger partial charge in [0, 0.05) is 30.1 Å². The molecule has 1 rings (SSSR count). The van der Waals surface area contributed by atoms with E-state index < -0.39 is 4.92 Å². The van der Waals surface area contributed by atoms with Gasteiger partial charge in [0.15, 0.2) is 0 Å². The molecule has 1 aromatic rings. The van der Waals surface area contributed by atoms with E-state index in [2.05, 4.69) is 12.2 Å². The summed E-state index contributed by atoms with van der Waals surface area (Å²) in [6.45, 7) is 2.60. The molecule has 0 aliphatic rings. The molecule has 0 spiro atoms. The molecule has 0 aromatic heterocycles. The first-order valence-corrected chi connectivity index (χ1v) is 6.66. The number of carbonyl (C=O) groups is 1. The van der Waals surface area contributed by atoms with Crippen LogP contribution >= 0.6 is 11.6 Å². The fourth-order valence-corrected chi connectivity index (χ4v) is 1.75. The van der Waals surface area contributed by atoms with Crippen LogP contribution in [0.3, 0.4) is 0 Å². The van der Waals surface area contributed by atoms with Crippen LogP contribution in [-0.2, 0) is 0 Å². The number of nitro benzene ring substituents is 1. The summed E-state index contributed by atoms with van der Waals surface area (Å²) in [6, 6.07) is 5.70. The Morgan fingerprint density at radius 2 is 2.26 bits per heavy atom. The summed E-state index contributed by atoms with van der Waals surface area (Å²) in [5, 5.41) is 13.3. The summed E-state index contributed by atoms with van der Waals surface area (Å²) in [5.74, 6) is 0.748. The lowest BCUT2D eigenvalue weighted by Crippen LogP contribution is -2.24. The Morgan fingerprint density at radius 1 is 1.53 bits per heavy atom. The van der Waals surface area contributed by atoms with Crippen LogP contribution in [0.15, 0.2) is 24.3 Å². The molecule has 1 aromatic carbocycles. The molecule has 0 saturated carbocycles. The molecule has 0 fully saturated rings. The first-order valence-electron chi connectivity index (χ1n) is 6.13. The Bertz CT molecular complexity index is 451. The number of hydrogen-bond donors (Lipinski definition) is 1. The van der Waals surface area contributed by atoms with Gasteiger partial charge in [-0.05, 0) is 24.8 Å². The molecule has 0 heterocycles. The highest BCUT2D eigenvalue weighted by molar-refractivity contribution is 6.18. The first kappa shape index (κ1) is 15.4. The number of non-ortho nitro benzene ring substituents is 1. The van der Waals surface area contributed by atoms with Gasteiger partial charge in [0.2, 0.25) is 0 Å². The van der Waals surface area contributed by atoms with Crippen molar-refractivity contribution in [2.45, 2.75) is 19.8 Å². The van der Waals surface area contributed by atoms with Crippen LogP contribution in [0, 0.1) is 16.0 Å². The maximum absolute atomic E-state index is 11.8. The standard InChI is InChI=1S/C13H17ClN2O3/c1-10(9-14)4-3-7-15-13(17)11-5-2-6-12(8-11)16(18)19/h2,5-6,8,10H,3-4,7,9H2,1H3,(H,15,17). The van der Waals surface area contributed by atoms with Gasteiger partial charge in [0.1, 0.15) is 0 Å². The molecule has 5 nitrogen and oxygen atoms in total. The summed E-state index contributed by atoms with van der Waals surface area (Å²) in [4.78, 5) is 21.9. The summed E-state index contributed by atoms with van der Waals surface area (Å²) < 4.78 is 0. The lowest BCUT2D eigenvalue weighted by molar-refractivity contribution is -0.384. The molecular weight excluding hydrogens is 268 g/mol. The fourth-order valence-electron chi connectivity index (χ4n) is 1.59. The summed E-state index contributed by atoms with van der Waals surface area (Å²) in [6.07, 6.45) is 1.78. The van der Waals surface area contributed by atoms with Crippen LogP contribution in [0.25, 0.3) is 0 Å². The highest BCUT2D eigenvalue weighted by Crippen LogP contribution is 2.13. The van der Waals surface area contributed by atoms with Crippen molar-refractivity contribution in [3.05, 3.63) is 39.9 Å². The van der Waals surface area contributed by atoms with Gasteiger partial charge in [-0.1, -0.05) is 13.0 Å². The first-order chi connectivity index (χ1) is 9.04. The molecule has 19 heavy (non-hydrogen) atoms. The maximum Gasteiger partial charge on any atom is 0.270 e. The molecule has 0 aliphatic carbocycles. The van der Waals surface area contributed by atoms with Crippen molar-refractivity contribution in [1.82, 2.24) is 5.32 Å². The Balaban J connectivity index is 2.45. The molecule has 1 unspecified atom stereocenters. The van der Waals surface area contributed by atoms with Gasteiger partial charge < -0.3 is 5.32 Å². The van der Waals surface area contributed by atoms with Gasteiger partial charge in [-0.3, -0.25) is 14.9 Å². The average Bonchev–Trinajstić information content (AvgIpc) is 2.43. The molecule has 1 amide bonds. The van der Waals surface area contributed by atoms with Crippen molar-refractivity contribution < 1.29 is 9.72 Å². The number of amides is 1. The maximum atomic E-state index is 11.8. The second-order valence-electron chi connectivity index (χ2n) is 4.47. The van der Waals surface area contributed by atoms with Crippen molar-refractivity contribution in [2.75, 3.05) is 12.4 Å². The summed E-state index contributed by atoms with van der Waals surface area (Å²) in [7, 11) is 0. The predicted molar refractivity (Wildman–Crippen MR) is 74.5 cm³/mol. The van der Waals surface area contributed by atoms with Gasteiger partial charge in [0.05, 0.1) is 4.92 Å². The third kappa shape index (κ3) is 5.26. The van der Waals surface area contributed by atoms with E-state index in [0.29, 0.717) is 23.9 Å². The zero-order valence-electron chi connectivity index (χ0n) is 10.8. The Labute approximate surface area is 117 Å². The second-order valence-corrected chi connectivity index (χ2v) is 4.77. The monoisotopic (exact) mass is 284 g/mol. The Morgan fingerprint density at radius 3 is 2.89 bits per heavy atom. The third-order valence-electron chi connectivity index (χ3n) is 2.74. The molecule has 1 atom stereocenters. The molecule has 0 saturated heterocycles. The highest BCUT2D eigenvalue weighted by atomic mass is 35.5. The molecule has 0 radical (unpaired) electrons. The fraction of sp³-hybridized carbons (Fsp3) is 0.462. The number of hydrogen-bond acceptors (Lipinski definition) is 3. The highest BCUT2D eigenvalue weighted by Gasteiger charge is 2.10. The van der Waals surface area contributed by atoms with Crippen LogP contribution in [0.2, 0.25) is 0 Å². The van der Waals surface area contributed by atoms with Crippen LogP contribution in [-0.4, -0.2) is 23.3 Å². The van der Waals surface area contributed by atoms with E-state index in [9.17, 15) is 14.9 Å². The minimum absolute atomic E-state index is 0.0802. The van der Waals surface area contributed by atoms with Gasteiger partial charge in [-0.15, -0.1) is 11.6 Å². The predicted octanol–water partition coefficient (Wildman–Crippen LogP) is 2.98. The number of halogens is 1. The number of rotatable bonds is 7. The van der Waals surface area contributed by atoms with Crippen LogP contribution < -0.4 is 5.32 Å². The molecule has 0 aliphatic heterocycles. The SMILES string of the molecule is CC(CCl)CCCNC(=O)c1cccc([N+](=O)[O-])c1. The smallest absolute Gasteiger partial charge is 0.270 e. The van der Waals surface area contributed by atoms with Crippen molar-refractivity contribution in [3.63, 3.8) is 0 Å². The number of nitrogens with one attached hydrogen (secondary N) is 1. The topological polar surface area (TPSA) is 72.2 Å². The van der Waals surface area contributed by atoms with Gasteiger partial charge >= 0.3 is 0 Å². The van der Waals surface area contributed by atoms with E-state index in [1.165, 1.54) is 18.2 Å². The zero-order chi connectivity index (χ0) is 14.3. The number of alkyl halides is 1. The Kier molecular flexibility index (Phi) is 6.29. The summed E-state index contributed by atoms with van der Waals surface area (Å²) >= 11 is 5.69. The quantitative estimate of drug-likeness (QED) is 0.362. The van der Waals surface area contributed by atoms with E-state index in [4.69, 9.17) is 11.6 Å². The van der Waals surface area contributed by atoms with Gasteiger partial charge in [-0.25, -0.2) is 0 Å². The molecule has 104 valence electrons. The van der Waals surface area contributed by atoms with Crippen molar-refractivity contribution in [3.8, 4) is 0 Å². The van der Waals surface area contributed by atoms with Crippen molar-refractivity contribution in [1.29, 1.82) is 0 Å². The minimum atomic E-state index is -0.515. The average molecular weight is 285 g/mol. The molecule has 0 bridgehead atoms. The lowest BCUT2D eigenvalue weighted by atomic mass is 10.1. The van der Waals surface area contributed by atoms with Gasteiger partial charge in [0.25, 0.3) is 11.6 Å². The largest absolute Gasteiger partial charge is 0.352 e. The second kappa shape index (κ2) is 7.74. The summed E-state index contributed by atoms with van der Waals surface area (Å²) in [5.41, 5.74) is 0.225. The third-order valence-corrected chi connectivity index (χ3v) is 3.27. The van der Waals surface area contributed by atoms with Crippen LogP contribution in [0.4, 0.5) is 5.69 Å².